The van der Waals surface area contributed by atoms with Crippen LogP contribution in [0.1, 0.15) is 64.6 Å². The van der Waals surface area contributed by atoms with Gasteiger partial charge in [-0.15, -0.1) is 4.72 Å². The maximum Gasteiger partial charge on any atom is 0.136 e. The second kappa shape index (κ2) is 6.09. The summed E-state index contributed by atoms with van der Waals surface area (Å²) < 4.78 is 15.0. The maximum absolute atomic E-state index is 12.0. The van der Waals surface area contributed by atoms with Gasteiger partial charge < -0.3 is 4.55 Å². The molecule has 0 aliphatic carbocycles. The highest BCUT2D eigenvalue weighted by Crippen LogP contribution is 2.21. The van der Waals surface area contributed by atoms with Crippen LogP contribution < -0.4 is 4.72 Å². The van der Waals surface area contributed by atoms with Gasteiger partial charge in [0.05, 0.1) is 6.04 Å². The van der Waals surface area contributed by atoms with Crippen molar-refractivity contribution in [3.05, 3.63) is 35.4 Å². The van der Waals surface area contributed by atoms with Gasteiger partial charge in [-0.1, -0.05) is 38.1 Å². The molecule has 0 saturated heterocycles. The minimum atomic E-state index is -1.03. The molecule has 1 rings (SSSR count). The third-order valence-electron chi connectivity index (χ3n) is 2.94. The molecule has 2 nitrogen and oxygen atoms in total. The Balaban J connectivity index is 2.70. The highest BCUT2D eigenvalue weighted by atomic mass is 32.2. The third-order valence-corrected chi connectivity index (χ3v) is 4.62. The smallest absolute Gasteiger partial charge is 0.136 e. The number of hydrogen-bond donors (Lipinski definition) is 1. The summed E-state index contributed by atoms with van der Waals surface area (Å²) in [6, 6.07) is 8.64. The molecule has 102 valence electrons. The second-order valence-electron chi connectivity index (χ2n) is 6.04. The van der Waals surface area contributed by atoms with Gasteiger partial charge in [-0.3, -0.25) is 0 Å². The van der Waals surface area contributed by atoms with Gasteiger partial charge in [0.15, 0.2) is 0 Å². The Morgan fingerprint density at radius 3 is 1.83 bits per heavy atom. The Kier molecular flexibility index (Phi) is 5.26. The van der Waals surface area contributed by atoms with E-state index in [0.717, 1.165) is 0 Å². The summed E-state index contributed by atoms with van der Waals surface area (Å²) in [5, 5.41) is 0. The van der Waals surface area contributed by atoms with Crippen LogP contribution in [0, 0.1) is 0 Å². The van der Waals surface area contributed by atoms with E-state index in [-0.39, 0.29) is 10.8 Å². The van der Waals surface area contributed by atoms with Gasteiger partial charge in [0.1, 0.15) is 4.75 Å². The lowest BCUT2D eigenvalue weighted by atomic mass is 10.00. The fraction of sp³-hybridized carbons (Fsp3) is 0.600. The minimum Gasteiger partial charge on any atom is -0.598 e. The molecule has 0 saturated carbocycles. The lowest BCUT2D eigenvalue weighted by Gasteiger charge is -2.26. The first-order valence-electron chi connectivity index (χ1n) is 6.49. The van der Waals surface area contributed by atoms with E-state index >= 15 is 0 Å². The van der Waals surface area contributed by atoms with Crippen molar-refractivity contribution in [1.82, 2.24) is 4.72 Å². The molecule has 0 heterocycles. The van der Waals surface area contributed by atoms with Crippen LogP contribution in [0.5, 0.6) is 0 Å². The molecule has 3 heteroatoms. The Bertz CT molecular complexity index is 367. The molecule has 0 aliphatic rings. The molecule has 18 heavy (non-hydrogen) atoms. The first-order chi connectivity index (χ1) is 8.21. The molecule has 1 N–H and O–H groups in total. The summed E-state index contributed by atoms with van der Waals surface area (Å²) in [6.07, 6.45) is 0. The predicted molar refractivity (Wildman–Crippen MR) is 80.0 cm³/mol. The van der Waals surface area contributed by atoms with Gasteiger partial charge in [-0.2, -0.15) is 0 Å². The van der Waals surface area contributed by atoms with Crippen molar-refractivity contribution >= 4 is 11.4 Å². The standard InChI is InChI=1S/C15H25NOS/c1-11(2)13-7-9-14(10-8-13)12(3)16-18(17)15(4,5)6/h7-12,16H,1-6H3/t12?,18-/m1/s1. The van der Waals surface area contributed by atoms with Crippen LogP contribution in [0.15, 0.2) is 24.3 Å². The highest BCUT2D eigenvalue weighted by molar-refractivity contribution is 7.90. The summed E-state index contributed by atoms with van der Waals surface area (Å²) in [5.41, 5.74) is 2.51. The molecule has 0 bridgehead atoms. The van der Waals surface area contributed by atoms with Crippen LogP contribution in [0.2, 0.25) is 0 Å². The van der Waals surface area contributed by atoms with Crippen LogP contribution >= 0.6 is 0 Å². The SMILES string of the molecule is CC(C)c1ccc(C(C)N[S@+]([O-])C(C)(C)C)cc1. The third kappa shape index (κ3) is 4.30. The molecule has 1 aromatic rings. The fourth-order valence-corrected chi connectivity index (χ4v) is 2.39. The van der Waals surface area contributed by atoms with E-state index in [1.54, 1.807) is 0 Å². The van der Waals surface area contributed by atoms with Crippen molar-refractivity contribution in [3.63, 3.8) is 0 Å². The van der Waals surface area contributed by atoms with E-state index in [9.17, 15) is 4.55 Å². The van der Waals surface area contributed by atoms with Gasteiger partial charge >= 0.3 is 0 Å². The fourth-order valence-electron chi connectivity index (χ4n) is 1.57. The molecule has 0 fully saturated rings. The molecule has 2 atom stereocenters. The minimum absolute atomic E-state index is 0.103. The summed E-state index contributed by atoms with van der Waals surface area (Å²) in [5.74, 6) is 0.547. The largest absolute Gasteiger partial charge is 0.598 e. The molecule has 1 aromatic carbocycles. The van der Waals surface area contributed by atoms with Crippen molar-refractivity contribution in [2.75, 3.05) is 0 Å². The first kappa shape index (κ1) is 15.5. The van der Waals surface area contributed by atoms with Crippen molar-refractivity contribution in [1.29, 1.82) is 0 Å². The van der Waals surface area contributed by atoms with Crippen molar-refractivity contribution in [2.45, 2.75) is 58.2 Å². The van der Waals surface area contributed by atoms with Crippen LogP contribution in [0.25, 0.3) is 0 Å². The molecule has 0 aromatic heterocycles. The van der Waals surface area contributed by atoms with Crippen molar-refractivity contribution < 1.29 is 4.55 Å². The molecular weight excluding hydrogens is 242 g/mol. The normalized spacial score (nSPS) is 15.8. The molecule has 1 unspecified atom stereocenters. The number of nitrogens with one attached hydrogen (secondary N) is 1. The molecule has 0 spiro atoms. The average molecular weight is 267 g/mol. The Morgan fingerprint density at radius 2 is 1.44 bits per heavy atom. The molecule has 0 amide bonds. The lowest BCUT2D eigenvalue weighted by Crippen LogP contribution is -2.40. The zero-order valence-corrected chi connectivity index (χ0v) is 13.1. The van der Waals surface area contributed by atoms with Gasteiger partial charge in [-0.25, -0.2) is 0 Å². The van der Waals surface area contributed by atoms with Gasteiger partial charge in [0, 0.05) is 11.4 Å². The monoisotopic (exact) mass is 267 g/mol. The Morgan fingerprint density at radius 1 is 1.00 bits per heavy atom. The van der Waals surface area contributed by atoms with Crippen molar-refractivity contribution in [2.24, 2.45) is 0 Å². The van der Waals surface area contributed by atoms with E-state index in [1.165, 1.54) is 11.1 Å². The number of hydrogen-bond acceptors (Lipinski definition) is 2. The van der Waals surface area contributed by atoms with E-state index in [1.807, 2.05) is 27.7 Å². The second-order valence-corrected chi connectivity index (χ2v) is 8.04. The molecular formula is C15H25NOS. The Labute approximate surface area is 114 Å². The topological polar surface area (TPSA) is 35.1 Å². The summed E-state index contributed by atoms with van der Waals surface area (Å²) in [7, 11) is 0. The zero-order chi connectivity index (χ0) is 13.9. The molecule has 0 aliphatic heterocycles. The van der Waals surface area contributed by atoms with Crippen LogP contribution in [0.3, 0.4) is 0 Å². The van der Waals surface area contributed by atoms with Gasteiger partial charge in [0.2, 0.25) is 0 Å². The first-order valence-corrected chi connectivity index (χ1v) is 7.64. The maximum atomic E-state index is 12.0. The number of rotatable bonds is 4. The predicted octanol–water partition coefficient (Wildman–Crippen LogP) is 3.92. The number of benzene rings is 1. The van der Waals surface area contributed by atoms with Crippen LogP contribution in [-0.2, 0) is 11.4 Å². The molecule has 0 radical (unpaired) electrons. The Hall–Kier alpha value is -0.510. The van der Waals surface area contributed by atoms with E-state index in [4.69, 9.17) is 0 Å². The van der Waals surface area contributed by atoms with E-state index in [0.29, 0.717) is 5.92 Å². The van der Waals surface area contributed by atoms with E-state index in [2.05, 4.69) is 42.8 Å². The van der Waals surface area contributed by atoms with E-state index < -0.39 is 11.4 Å². The summed E-state index contributed by atoms with van der Waals surface area (Å²) >= 11 is -1.03. The lowest BCUT2D eigenvalue weighted by molar-refractivity contribution is 0.531. The van der Waals surface area contributed by atoms with Crippen LogP contribution in [-0.4, -0.2) is 9.30 Å². The zero-order valence-electron chi connectivity index (χ0n) is 12.3. The van der Waals surface area contributed by atoms with Crippen LogP contribution in [0.4, 0.5) is 0 Å². The summed E-state index contributed by atoms with van der Waals surface area (Å²) in [4.78, 5) is 0. The average Bonchev–Trinajstić information content (AvgIpc) is 2.27. The van der Waals surface area contributed by atoms with Crippen molar-refractivity contribution in [3.8, 4) is 0 Å². The highest BCUT2D eigenvalue weighted by Gasteiger charge is 2.28. The summed E-state index contributed by atoms with van der Waals surface area (Å²) in [6.45, 7) is 12.4. The van der Waals surface area contributed by atoms with Gasteiger partial charge in [-0.05, 0) is 44.7 Å². The van der Waals surface area contributed by atoms with Gasteiger partial charge in [0.25, 0.3) is 0 Å². The quantitative estimate of drug-likeness (QED) is 0.839.